The van der Waals surface area contributed by atoms with Crippen LogP contribution >= 0.6 is 0 Å². The lowest BCUT2D eigenvalue weighted by Crippen LogP contribution is -1.83. The van der Waals surface area contributed by atoms with Crippen LogP contribution < -0.4 is 0 Å². The molecule has 1 aromatic carbocycles. The first-order valence-electron chi connectivity index (χ1n) is 4.96. The molecule has 2 rings (SSSR count). The molecule has 0 bridgehead atoms. The Balaban J connectivity index is 0.000000336. The van der Waals surface area contributed by atoms with Gasteiger partial charge in [0.05, 0.1) is 0 Å². The molecule has 1 aliphatic carbocycles. The van der Waals surface area contributed by atoms with E-state index in [1.807, 2.05) is 13.8 Å². The molecule has 0 radical (unpaired) electrons. The van der Waals surface area contributed by atoms with Crippen LogP contribution in [0, 0.1) is 0 Å². The monoisotopic (exact) mass is 162 g/mol. The molecule has 0 heteroatoms. The largest absolute Gasteiger partial charge is 0.0683 e. The van der Waals surface area contributed by atoms with Crippen molar-refractivity contribution in [2.45, 2.75) is 39.5 Å². The van der Waals surface area contributed by atoms with Crippen molar-refractivity contribution in [1.29, 1.82) is 0 Å². The van der Waals surface area contributed by atoms with Crippen molar-refractivity contribution in [3.8, 4) is 0 Å². The summed E-state index contributed by atoms with van der Waals surface area (Å²) in [7, 11) is 0. The van der Waals surface area contributed by atoms with Gasteiger partial charge in [-0.1, -0.05) is 45.0 Å². The summed E-state index contributed by atoms with van der Waals surface area (Å²) < 4.78 is 0. The van der Waals surface area contributed by atoms with Crippen LogP contribution in [0.1, 0.15) is 44.2 Å². The maximum atomic E-state index is 2.31. The van der Waals surface area contributed by atoms with Crippen LogP contribution in [-0.2, 0) is 6.42 Å². The molecule has 66 valence electrons. The van der Waals surface area contributed by atoms with Crippen LogP contribution in [0.3, 0.4) is 0 Å². The molecule has 0 unspecified atom stereocenters. The third-order valence-electron chi connectivity index (χ3n) is 2.43. The lowest BCUT2D eigenvalue weighted by molar-refractivity contribution is 0.747. The highest BCUT2D eigenvalue weighted by Gasteiger charge is 2.16. The molecule has 12 heavy (non-hydrogen) atoms. The topological polar surface area (TPSA) is 0 Å². The van der Waals surface area contributed by atoms with Crippen molar-refractivity contribution < 1.29 is 0 Å². The first-order chi connectivity index (χ1) is 5.88. The molecular formula is C12H18. The molecule has 1 aliphatic rings. The van der Waals surface area contributed by atoms with Crippen molar-refractivity contribution >= 4 is 0 Å². The lowest BCUT2D eigenvalue weighted by Gasteiger charge is -2.01. The van der Waals surface area contributed by atoms with Gasteiger partial charge >= 0.3 is 0 Å². The molecule has 0 spiro atoms. The second-order valence-electron chi connectivity index (χ2n) is 3.14. The Labute approximate surface area is 75.6 Å². The number of aryl methyl sites for hydroxylation is 1. The molecule has 1 atom stereocenters. The fourth-order valence-electron chi connectivity index (χ4n) is 1.77. The Bertz CT molecular complexity index is 238. The zero-order chi connectivity index (χ0) is 8.97. The standard InChI is InChI=1S/C10H12.C2H6/c1-8-6-7-9-4-2-3-5-10(8)9;1-2/h2-5,8H,6-7H2,1H3;1-2H3/t8-;/m1./s1. The number of rotatable bonds is 0. The fourth-order valence-corrected chi connectivity index (χ4v) is 1.77. The van der Waals surface area contributed by atoms with Gasteiger partial charge < -0.3 is 0 Å². The third-order valence-corrected chi connectivity index (χ3v) is 2.43. The van der Waals surface area contributed by atoms with E-state index >= 15 is 0 Å². The minimum Gasteiger partial charge on any atom is -0.0683 e. The third kappa shape index (κ3) is 1.69. The molecule has 0 N–H and O–H groups in total. The van der Waals surface area contributed by atoms with E-state index < -0.39 is 0 Å². The van der Waals surface area contributed by atoms with Gasteiger partial charge in [-0.15, -0.1) is 0 Å². The van der Waals surface area contributed by atoms with Crippen LogP contribution in [0.2, 0.25) is 0 Å². The summed E-state index contributed by atoms with van der Waals surface area (Å²) in [5, 5.41) is 0. The zero-order valence-electron chi connectivity index (χ0n) is 8.30. The Morgan fingerprint density at radius 3 is 2.50 bits per heavy atom. The van der Waals surface area contributed by atoms with E-state index in [4.69, 9.17) is 0 Å². The van der Waals surface area contributed by atoms with E-state index in [-0.39, 0.29) is 0 Å². The number of hydrogen-bond acceptors (Lipinski definition) is 0. The molecule has 0 aliphatic heterocycles. The van der Waals surface area contributed by atoms with Crippen LogP contribution in [0.15, 0.2) is 24.3 Å². The Hall–Kier alpha value is -0.780. The van der Waals surface area contributed by atoms with Gasteiger partial charge in [0.2, 0.25) is 0 Å². The van der Waals surface area contributed by atoms with Gasteiger partial charge in [-0.3, -0.25) is 0 Å². The van der Waals surface area contributed by atoms with Crippen molar-refractivity contribution in [1.82, 2.24) is 0 Å². The Morgan fingerprint density at radius 1 is 1.17 bits per heavy atom. The first kappa shape index (κ1) is 9.31. The minimum absolute atomic E-state index is 0.802. The predicted molar refractivity (Wildman–Crippen MR) is 54.5 cm³/mol. The van der Waals surface area contributed by atoms with Gasteiger partial charge in [0.1, 0.15) is 0 Å². The summed E-state index contributed by atoms with van der Waals surface area (Å²) in [6, 6.07) is 8.78. The van der Waals surface area contributed by atoms with Crippen molar-refractivity contribution in [3.63, 3.8) is 0 Å². The van der Waals surface area contributed by atoms with Gasteiger partial charge in [0.15, 0.2) is 0 Å². The van der Waals surface area contributed by atoms with Crippen LogP contribution in [-0.4, -0.2) is 0 Å². The van der Waals surface area contributed by atoms with Gasteiger partial charge in [-0.25, -0.2) is 0 Å². The van der Waals surface area contributed by atoms with E-state index in [1.165, 1.54) is 12.8 Å². The number of fused-ring (bicyclic) bond motifs is 1. The smallest absolute Gasteiger partial charge is 0.0184 e. The van der Waals surface area contributed by atoms with E-state index in [2.05, 4.69) is 31.2 Å². The Kier molecular flexibility index (Phi) is 3.33. The lowest BCUT2D eigenvalue weighted by atomic mass is 10.0. The minimum atomic E-state index is 0.802. The summed E-state index contributed by atoms with van der Waals surface area (Å²) >= 11 is 0. The van der Waals surface area contributed by atoms with Gasteiger partial charge in [0.25, 0.3) is 0 Å². The molecule has 1 aromatic rings. The quantitative estimate of drug-likeness (QED) is 0.545. The molecule has 0 saturated carbocycles. The highest BCUT2D eigenvalue weighted by Crippen LogP contribution is 2.31. The van der Waals surface area contributed by atoms with Crippen LogP contribution in [0.25, 0.3) is 0 Å². The second kappa shape index (κ2) is 4.30. The van der Waals surface area contributed by atoms with Gasteiger partial charge in [0, 0.05) is 0 Å². The Morgan fingerprint density at radius 2 is 1.83 bits per heavy atom. The maximum Gasteiger partial charge on any atom is -0.0184 e. The predicted octanol–water partition coefficient (Wildman–Crippen LogP) is 3.76. The van der Waals surface area contributed by atoms with Crippen molar-refractivity contribution in [2.24, 2.45) is 0 Å². The van der Waals surface area contributed by atoms with Gasteiger partial charge in [-0.05, 0) is 29.9 Å². The fraction of sp³-hybridized carbons (Fsp3) is 0.500. The average molecular weight is 162 g/mol. The molecule has 0 heterocycles. The van der Waals surface area contributed by atoms with E-state index in [0.29, 0.717) is 0 Å². The van der Waals surface area contributed by atoms with E-state index in [0.717, 1.165) is 5.92 Å². The van der Waals surface area contributed by atoms with Crippen LogP contribution in [0.5, 0.6) is 0 Å². The summed E-state index contributed by atoms with van der Waals surface area (Å²) in [4.78, 5) is 0. The number of hydrogen-bond donors (Lipinski definition) is 0. The van der Waals surface area contributed by atoms with Gasteiger partial charge in [-0.2, -0.15) is 0 Å². The molecule has 0 aromatic heterocycles. The molecule has 0 nitrogen and oxygen atoms in total. The second-order valence-corrected chi connectivity index (χ2v) is 3.14. The maximum absolute atomic E-state index is 2.31. The molecule has 0 saturated heterocycles. The van der Waals surface area contributed by atoms with Crippen molar-refractivity contribution in [3.05, 3.63) is 35.4 Å². The van der Waals surface area contributed by atoms with Crippen molar-refractivity contribution in [2.75, 3.05) is 0 Å². The first-order valence-corrected chi connectivity index (χ1v) is 4.96. The van der Waals surface area contributed by atoms with E-state index in [1.54, 1.807) is 11.1 Å². The van der Waals surface area contributed by atoms with E-state index in [9.17, 15) is 0 Å². The summed E-state index contributed by atoms with van der Waals surface area (Å²) in [5.74, 6) is 0.802. The highest BCUT2D eigenvalue weighted by molar-refractivity contribution is 5.33. The molecule has 0 amide bonds. The molecular weight excluding hydrogens is 144 g/mol. The summed E-state index contributed by atoms with van der Waals surface area (Å²) in [5.41, 5.74) is 3.14. The normalized spacial score (nSPS) is 19.4. The SMILES string of the molecule is CC.C[C@@H]1CCc2ccccc21. The average Bonchev–Trinajstić information content (AvgIpc) is 2.53. The summed E-state index contributed by atoms with van der Waals surface area (Å²) in [6.07, 6.45) is 2.64. The summed E-state index contributed by atoms with van der Waals surface area (Å²) in [6.45, 7) is 6.31. The molecule has 0 fully saturated rings. The zero-order valence-corrected chi connectivity index (χ0v) is 8.30. The number of benzene rings is 1. The highest BCUT2D eigenvalue weighted by atomic mass is 14.2. The van der Waals surface area contributed by atoms with Crippen LogP contribution in [0.4, 0.5) is 0 Å².